The molecule has 18 heavy (non-hydrogen) atoms. The molecule has 0 radical (unpaired) electrons. The molecule has 0 bridgehead atoms. The molecule has 2 saturated carbocycles. The van der Waals surface area contributed by atoms with E-state index in [0.717, 1.165) is 11.3 Å². The first-order chi connectivity index (χ1) is 8.67. The highest BCUT2D eigenvalue weighted by Gasteiger charge is 2.49. The van der Waals surface area contributed by atoms with Crippen LogP contribution in [0.1, 0.15) is 43.8 Å². The summed E-state index contributed by atoms with van der Waals surface area (Å²) in [6.45, 7) is 0. The maximum Gasteiger partial charge on any atom is 0.238 e. The lowest BCUT2D eigenvalue weighted by Crippen LogP contribution is -2.42. The van der Waals surface area contributed by atoms with E-state index in [2.05, 4.69) is 15.1 Å². The number of halogens is 1. The molecule has 2 aliphatic carbocycles. The van der Waals surface area contributed by atoms with Crippen LogP contribution in [0.5, 0.6) is 0 Å². The molecule has 0 atom stereocenters. The van der Waals surface area contributed by atoms with Crippen LogP contribution in [-0.2, 0) is 0 Å². The number of aromatic nitrogens is 4. The van der Waals surface area contributed by atoms with Crippen molar-refractivity contribution in [3.63, 3.8) is 0 Å². The highest BCUT2D eigenvalue weighted by molar-refractivity contribution is 6.32. The highest BCUT2D eigenvalue weighted by Crippen LogP contribution is 2.61. The summed E-state index contributed by atoms with van der Waals surface area (Å²) >= 11 is 6.12. The molecular weight excluding hydrogens is 250 g/mol. The molecule has 0 aliphatic heterocycles. The molecule has 0 unspecified atom stereocenters. The second kappa shape index (κ2) is 3.35. The second-order valence-corrected chi connectivity index (χ2v) is 5.99. The van der Waals surface area contributed by atoms with Crippen molar-refractivity contribution in [2.24, 2.45) is 5.41 Å². The van der Waals surface area contributed by atoms with Crippen LogP contribution in [0, 0.1) is 5.41 Å². The number of hydrogen-bond acceptors (Lipinski definition) is 4. The number of hydrogen-bond donors (Lipinski definition) is 1. The molecule has 4 rings (SSSR count). The third-order valence-electron chi connectivity index (χ3n) is 4.53. The molecule has 2 aromatic rings. The van der Waals surface area contributed by atoms with E-state index in [0.29, 0.717) is 16.5 Å². The van der Waals surface area contributed by atoms with Gasteiger partial charge in [0, 0.05) is 5.92 Å². The number of fused-ring (bicyclic) bond motifs is 1. The van der Waals surface area contributed by atoms with Gasteiger partial charge in [-0.05, 0) is 31.1 Å². The monoisotopic (exact) mass is 263 g/mol. The van der Waals surface area contributed by atoms with Gasteiger partial charge < -0.3 is 5.73 Å². The maximum atomic E-state index is 6.12. The molecule has 0 saturated heterocycles. The van der Waals surface area contributed by atoms with E-state index in [1.165, 1.54) is 32.1 Å². The van der Waals surface area contributed by atoms with Crippen molar-refractivity contribution in [3.8, 4) is 0 Å². The molecule has 2 fully saturated rings. The van der Waals surface area contributed by atoms with Crippen molar-refractivity contribution >= 4 is 23.1 Å². The third-order valence-corrected chi connectivity index (χ3v) is 4.81. The average molecular weight is 264 g/mol. The Morgan fingerprint density at radius 3 is 2.83 bits per heavy atom. The van der Waals surface area contributed by atoms with Crippen molar-refractivity contribution in [1.82, 2.24) is 19.6 Å². The Morgan fingerprint density at radius 2 is 2.17 bits per heavy atom. The predicted octanol–water partition coefficient (Wildman–Crippen LogP) is 2.41. The van der Waals surface area contributed by atoms with Crippen LogP contribution in [0.2, 0.25) is 5.15 Å². The van der Waals surface area contributed by atoms with Crippen molar-refractivity contribution in [1.29, 1.82) is 0 Å². The molecule has 2 aliphatic rings. The average Bonchev–Trinajstić information content (AvgIpc) is 2.52. The van der Waals surface area contributed by atoms with Gasteiger partial charge in [-0.3, -0.25) is 0 Å². The lowest BCUT2D eigenvalue weighted by atomic mass is 9.52. The Hall–Kier alpha value is -1.36. The first-order valence-corrected chi connectivity index (χ1v) is 6.71. The number of nitrogens with two attached hydrogens (primary N) is 1. The zero-order valence-corrected chi connectivity index (χ0v) is 10.7. The highest BCUT2D eigenvalue weighted by atomic mass is 35.5. The maximum absolute atomic E-state index is 6.12. The minimum atomic E-state index is 0.260. The van der Waals surface area contributed by atoms with Gasteiger partial charge in [0.15, 0.2) is 5.15 Å². The van der Waals surface area contributed by atoms with Crippen molar-refractivity contribution in [2.45, 2.75) is 38.0 Å². The topological polar surface area (TPSA) is 69.1 Å². The molecule has 5 nitrogen and oxygen atoms in total. The van der Waals surface area contributed by atoms with Crippen molar-refractivity contribution in [3.05, 3.63) is 17.2 Å². The van der Waals surface area contributed by atoms with E-state index in [9.17, 15) is 0 Å². The SMILES string of the molecule is Nc1ncc2c(Cl)nc(C3CC4(CCC4)C3)n2n1. The van der Waals surface area contributed by atoms with Gasteiger partial charge in [-0.15, -0.1) is 5.10 Å². The van der Waals surface area contributed by atoms with Crippen LogP contribution in [-0.4, -0.2) is 19.6 Å². The molecule has 1 spiro atoms. The van der Waals surface area contributed by atoms with E-state index >= 15 is 0 Å². The van der Waals surface area contributed by atoms with Crippen LogP contribution in [0.4, 0.5) is 5.95 Å². The zero-order valence-electron chi connectivity index (χ0n) is 9.93. The standard InChI is InChI=1S/C12H14ClN5/c13-9-8-6-15-11(14)17-18(8)10(16-9)7-4-12(5-7)2-1-3-12/h6-7H,1-5H2,(H2,14,17). The first kappa shape index (κ1) is 10.6. The summed E-state index contributed by atoms with van der Waals surface area (Å²) in [5.74, 6) is 1.68. The van der Waals surface area contributed by atoms with Gasteiger partial charge in [0.25, 0.3) is 0 Å². The Labute approximate surface area is 109 Å². The Morgan fingerprint density at radius 1 is 1.39 bits per heavy atom. The summed E-state index contributed by atoms with van der Waals surface area (Å²) in [5.41, 5.74) is 7.00. The Balaban J connectivity index is 1.74. The molecule has 2 N–H and O–H groups in total. The Kier molecular flexibility index (Phi) is 1.96. The fourth-order valence-corrected chi connectivity index (χ4v) is 3.62. The number of anilines is 1. The number of imidazole rings is 1. The second-order valence-electron chi connectivity index (χ2n) is 5.63. The van der Waals surface area contributed by atoms with Gasteiger partial charge in [-0.25, -0.2) is 14.5 Å². The van der Waals surface area contributed by atoms with Crippen LogP contribution in [0.25, 0.3) is 5.52 Å². The minimum Gasteiger partial charge on any atom is -0.367 e. The summed E-state index contributed by atoms with van der Waals surface area (Å²) in [4.78, 5) is 8.41. The molecule has 2 aromatic heterocycles. The molecule has 0 amide bonds. The largest absolute Gasteiger partial charge is 0.367 e. The summed E-state index contributed by atoms with van der Waals surface area (Å²) in [5, 5.41) is 4.70. The lowest BCUT2D eigenvalue weighted by Gasteiger charge is -2.53. The molecule has 94 valence electrons. The van der Waals surface area contributed by atoms with Crippen LogP contribution < -0.4 is 5.73 Å². The smallest absolute Gasteiger partial charge is 0.238 e. The summed E-state index contributed by atoms with van der Waals surface area (Å²) < 4.78 is 1.76. The number of nitrogen functional groups attached to an aromatic ring is 1. The number of nitrogens with zero attached hydrogens (tertiary/aromatic N) is 4. The van der Waals surface area contributed by atoms with E-state index in [-0.39, 0.29) is 5.95 Å². The predicted molar refractivity (Wildman–Crippen MR) is 68.5 cm³/mol. The van der Waals surface area contributed by atoms with Gasteiger partial charge in [0.05, 0.1) is 6.20 Å². The Bertz CT molecular complexity index is 623. The normalized spacial score (nSPS) is 22.1. The van der Waals surface area contributed by atoms with E-state index < -0.39 is 0 Å². The van der Waals surface area contributed by atoms with E-state index in [1.807, 2.05) is 0 Å². The van der Waals surface area contributed by atoms with Crippen LogP contribution in [0.3, 0.4) is 0 Å². The fraction of sp³-hybridized carbons (Fsp3) is 0.583. The van der Waals surface area contributed by atoms with E-state index in [4.69, 9.17) is 17.3 Å². The van der Waals surface area contributed by atoms with Gasteiger partial charge in [-0.2, -0.15) is 0 Å². The minimum absolute atomic E-state index is 0.260. The summed E-state index contributed by atoms with van der Waals surface area (Å²) in [7, 11) is 0. The zero-order chi connectivity index (χ0) is 12.3. The quantitative estimate of drug-likeness (QED) is 0.858. The fourth-order valence-electron chi connectivity index (χ4n) is 3.40. The van der Waals surface area contributed by atoms with Crippen LogP contribution >= 0.6 is 11.6 Å². The molecular formula is C12H14ClN5. The van der Waals surface area contributed by atoms with Gasteiger partial charge in [0.1, 0.15) is 11.3 Å². The number of rotatable bonds is 1. The lowest BCUT2D eigenvalue weighted by molar-refractivity contribution is 0.00560. The molecule has 2 heterocycles. The van der Waals surface area contributed by atoms with Crippen molar-refractivity contribution in [2.75, 3.05) is 5.73 Å². The van der Waals surface area contributed by atoms with Crippen molar-refractivity contribution < 1.29 is 0 Å². The third kappa shape index (κ3) is 1.31. The molecule has 0 aromatic carbocycles. The van der Waals surface area contributed by atoms with Gasteiger partial charge >= 0.3 is 0 Å². The van der Waals surface area contributed by atoms with Crippen LogP contribution in [0.15, 0.2) is 6.20 Å². The summed E-state index contributed by atoms with van der Waals surface area (Å²) in [6, 6.07) is 0. The summed E-state index contributed by atoms with van der Waals surface area (Å²) in [6.07, 6.45) is 8.19. The van der Waals surface area contributed by atoms with Gasteiger partial charge in [0.2, 0.25) is 5.95 Å². The van der Waals surface area contributed by atoms with Gasteiger partial charge in [-0.1, -0.05) is 18.0 Å². The molecule has 6 heteroatoms. The first-order valence-electron chi connectivity index (χ1n) is 6.34. The van der Waals surface area contributed by atoms with E-state index in [1.54, 1.807) is 10.7 Å².